The molecule has 1 aromatic heterocycles. The van der Waals surface area contributed by atoms with E-state index in [9.17, 15) is 4.79 Å². The average molecular weight is 198 g/mol. The lowest BCUT2D eigenvalue weighted by molar-refractivity contribution is 0.0652. The Morgan fingerprint density at radius 3 is 2.79 bits per heavy atom. The zero-order valence-corrected chi connectivity index (χ0v) is 7.47. The van der Waals surface area contributed by atoms with Gasteiger partial charge in [0.1, 0.15) is 0 Å². The van der Waals surface area contributed by atoms with Crippen LogP contribution in [0.15, 0.2) is 10.6 Å². The Balaban J connectivity index is 2.11. The fraction of sp³-hybridized carbons (Fsp3) is 0.500. The Kier molecular flexibility index (Phi) is 2.36. The number of hydrogen-bond donors (Lipinski definition) is 1. The minimum atomic E-state index is -1.10. The molecule has 1 aliphatic rings. The zero-order valence-electron chi connectivity index (χ0n) is 7.47. The van der Waals surface area contributed by atoms with E-state index in [-0.39, 0.29) is 5.76 Å². The third kappa shape index (κ3) is 1.69. The van der Waals surface area contributed by atoms with Crippen LogP contribution < -0.4 is 4.90 Å². The molecule has 0 bridgehead atoms. The molecule has 2 heterocycles. The molecule has 0 aliphatic carbocycles. The highest BCUT2D eigenvalue weighted by Gasteiger charge is 2.17. The van der Waals surface area contributed by atoms with Crippen LogP contribution in [-0.4, -0.2) is 42.5 Å². The number of carboxylic acid groups (broad SMARTS) is 1. The van der Waals surface area contributed by atoms with Gasteiger partial charge in [-0.1, -0.05) is 5.16 Å². The van der Waals surface area contributed by atoms with Gasteiger partial charge in [-0.05, 0) is 0 Å². The van der Waals surface area contributed by atoms with Gasteiger partial charge in [-0.3, -0.25) is 0 Å². The lowest BCUT2D eigenvalue weighted by Crippen LogP contribution is -2.36. The van der Waals surface area contributed by atoms with Gasteiger partial charge in [-0.25, -0.2) is 4.79 Å². The zero-order chi connectivity index (χ0) is 9.97. The number of rotatable bonds is 2. The van der Waals surface area contributed by atoms with Gasteiger partial charge in [0.25, 0.3) is 0 Å². The minimum absolute atomic E-state index is 0.133. The van der Waals surface area contributed by atoms with Crippen LogP contribution in [0.25, 0.3) is 0 Å². The molecular formula is C8H10N2O4. The highest BCUT2D eigenvalue weighted by atomic mass is 16.5. The van der Waals surface area contributed by atoms with Gasteiger partial charge >= 0.3 is 5.97 Å². The van der Waals surface area contributed by atoms with Crippen LogP contribution in [0, 0.1) is 0 Å². The second-order valence-corrected chi connectivity index (χ2v) is 2.95. The first kappa shape index (κ1) is 9.01. The molecule has 0 spiro atoms. The summed E-state index contributed by atoms with van der Waals surface area (Å²) in [6.45, 7) is 2.70. The van der Waals surface area contributed by atoms with E-state index in [0.717, 1.165) is 0 Å². The maximum atomic E-state index is 10.5. The summed E-state index contributed by atoms with van der Waals surface area (Å²) in [7, 11) is 0. The fourth-order valence-corrected chi connectivity index (χ4v) is 1.31. The maximum absolute atomic E-state index is 10.5. The summed E-state index contributed by atoms with van der Waals surface area (Å²) in [5.74, 6) is -0.672. The van der Waals surface area contributed by atoms with Crippen molar-refractivity contribution in [3.63, 3.8) is 0 Å². The van der Waals surface area contributed by atoms with Crippen molar-refractivity contribution in [1.82, 2.24) is 5.16 Å². The predicted molar refractivity (Wildman–Crippen MR) is 46.5 cm³/mol. The van der Waals surface area contributed by atoms with Gasteiger partial charge in [-0.2, -0.15) is 0 Å². The molecule has 1 N–H and O–H groups in total. The Labute approximate surface area is 80.0 Å². The van der Waals surface area contributed by atoms with Crippen LogP contribution in [0.4, 0.5) is 5.82 Å². The maximum Gasteiger partial charge on any atom is 0.374 e. The highest BCUT2D eigenvalue weighted by Crippen LogP contribution is 2.15. The van der Waals surface area contributed by atoms with Gasteiger partial charge in [0, 0.05) is 19.2 Å². The van der Waals surface area contributed by atoms with Crippen molar-refractivity contribution in [2.24, 2.45) is 0 Å². The molecule has 1 aliphatic heterocycles. The van der Waals surface area contributed by atoms with Crippen molar-refractivity contribution in [2.45, 2.75) is 0 Å². The van der Waals surface area contributed by atoms with Gasteiger partial charge in [0.2, 0.25) is 5.76 Å². The summed E-state index contributed by atoms with van der Waals surface area (Å²) < 4.78 is 9.81. The van der Waals surface area contributed by atoms with E-state index >= 15 is 0 Å². The fourth-order valence-electron chi connectivity index (χ4n) is 1.31. The summed E-state index contributed by atoms with van der Waals surface area (Å²) in [5, 5.41) is 12.3. The minimum Gasteiger partial charge on any atom is -0.475 e. The lowest BCUT2D eigenvalue weighted by atomic mass is 10.4. The molecule has 0 unspecified atom stereocenters. The summed E-state index contributed by atoms with van der Waals surface area (Å²) in [6, 6.07) is 1.42. The summed E-state index contributed by atoms with van der Waals surface area (Å²) in [5.41, 5.74) is 0. The van der Waals surface area contributed by atoms with E-state index < -0.39 is 5.97 Å². The molecule has 0 amide bonds. The van der Waals surface area contributed by atoms with Crippen LogP contribution in [0.2, 0.25) is 0 Å². The van der Waals surface area contributed by atoms with Crippen LogP contribution in [0.1, 0.15) is 10.6 Å². The summed E-state index contributed by atoms with van der Waals surface area (Å²) in [4.78, 5) is 12.5. The first-order chi connectivity index (χ1) is 6.77. The molecule has 0 radical (unpaired) electrons. The van der Waals surface area contributed by atoms with Crippen LogP contribution in [0.5, 0.6) is 0 Å². The number of nitrogens with zero attached hydrogens (tertiary/aromatic N) is 2. The third-order valence-corrected chi connectivity index (χ3v) is 2.04. The molecule has 14 heavy (non-hydrogen) atoms. The summed E-state index contributed by atoms with van der Waals surface area (Å²) in [6.07, 6.45) is 0. The normalized spacial score (nSPS) is 17.0. The molecule has 0 aromatic carbocycles. The van der Waals surface area contributed by atoms with E-state index in [0.29, 0.717) is 32.1 Å². The van der Waals surface area contributed by atoms with Crippen molar-refractivity contribution in [1.29, 1.82) is 0 Å². The Hall–Kier alpha value is -1.56. The van der Waals surface area contributed by atoms with E-state index in [2.05, 4.69) is 9.68 Å². The number of aromatic nitrogens is 1. The van der Waals surface area contributed by atoms with Crippen LogP contribution >= 0.6 is 0 Å². The molecule has 1 saturated heterocycles. The van der Waals surface area contributed by atoms with Crippen LogP contribution in [0.3, 0.4) is 0 Å². The first-order valence-corrected chi connectivity index (χ1v) is 4.30. The number of morpholine rings is 1. The topological polar surface area (TPSA) is 75.8 Å². The number of carboxylic acids is 1. The van der Waals surface area contributed by atoms with Crippen molar-refractivity contribution < 1.29 is 19.2 Å². The molecule has 76 valence electrons. The van der Waals surface area contributed by atoms with Gasteiger partial charge < -0.3 is 19.3 Å². The number of aromatic carboxylic acids is 1. The largest absolute Gasteiger partial charge is 0.475 e. The number of hydrogen-bond acceptors (Lipinski definition) is 5. The number of anilines is 1. The number of carbonyl (C=O) groups is 1. The molecule has 2 rings (SSSR count). The molecule has 6 nitrogen and oxygen atoms in total. The second kappa shape index (κ2) is 3.67. The molecule has 0 saturated carbocycles. The molecule has 1 fully saturated rings. The van der Waals surface area contributed by atoms with Gasteiger partial charge in [0.15, 0.2) is 5.82 Å². The third-order valence-electron chi connectivity index (χ3n) is 2.04. The van der Waals surface area contributed by atoms with E-state index in [1.807, 2.05) is 4.90 Å². The van der Waals surface area contributed by atoms with Crippen LogP contribution in [-0.2, 0) is 4.74 Å². The van der Waals surface area contributed by atoms with Crippen molar-refractivity contribution in [3.8, 4) is 0 Å². The SMILES string of the molecule is O=C(O)c1cc(N2CCOCC2)no1. The Morgan fingerprint density at radius 1 is 1.50 bits per heavy atom. The van der Waals surface area contributed by atoms with E-state index in [1.165, 1.54) is 6.07 Å². The van der Waals surface area contributed by atoms with Gasteiger partial charge in [0.05, 0.1) is 13.2 Å². The van der Waals surface area contributed by atoms with E-state index in [4.69, 9.17) is 9.84 Å². The average Bonchev–Trinajstić information content (AvgIpc) is 2.68. The highest BCUT2D eigenvalue weighted by molar-refractivity contribution is 5.85. The first-order valence-electron chi connectivity index (χ1n) is 4.30. The van der Waals surface area contributed by atoms with Crippen molar-refractivity contribution >= 4 is 11.8 Å². The van der Waals surface area contributed by atoms with Crippen molar-refractivity contribution in [2.75, 3.05) is 31.2 Å². The molecule has 0 atom stereocenters. The number of ether oxygens (including phenoxy) is 1. The Bertz CT molecular complexity index is 330. The smallest absolute Gasteiger partial charge is 0.374 e. The second-order valence-electron chi connectivity index (χ2n) is 2.95. The summed E-state index contributed by atoms with van der Waals surface area (Å²) >= 11 is 0. The van der Waals surface area contributed by atoms with Gasteiger partial charge in [-0.15, -0.1) is 0 Å². The van der Waals surface area contributed by atoms with Crippen molar-refractivity contribution in [3.05, 3.63) is 11.8 Å². The predicted octanol–water partition coefficient (Wildman–Crippen LogP) is 0.209. The quantitative estimate of drug-likeness (QED) is 0.732. The standard InChI is InChI=1S/C8H10N2O4/c11-8(12)6-5-7(9-14-6)10-1-3-13-4-2-10/h5H,1-4H2,(H,11,12). The Morgan fingerprint density at radius 2 is 2.21 bits per heavy atom. The lowest BCUT2D eigenvalue weighted by Gasteiger charge is -2.25. The monoisotopic (exact) mass is 198 g/mol. The molecule has 1 aromatic rings. The molecular weight excluding hydrogens is 188 g/mol. The van der Waals surface area contributed by atoms with E-state index in [1.54, 1.807) is 0 Å². The molecule has 6 heteroatoms.